The topological polar surface area (TPSA) is 90.4 Å². The summed E-state index contributed by atoms with van der Waals surface area (Å²) < 4.78 is 9.69. The maximum Gasteiger partial charge on any atom is 0.260 e. The fraction of sp³-hybridized carbons (Fsp3) is 0.0909. The second-order valence-corrected chi connectivity index (χ2v) is 3.30. The number of ether oxygens (including phenoxy) is 1. The number of amides is 1. The molecule has 0 bridgehead atoms. The molecule has 88 valence electrons. The van der Waals surface area contributed by atoms with Gasteiger partial charge in [0.2, 0.25) is 0 Å². The van der Waals surface area contributed by atoms with Gasteiger partial charge in [0, 0.05) is 11.8 Å². The zero-order valence-corrected chi connectivity index (χ0v) is 9.14. The highest BCUT2D eigenvalue weighted by atomic mass is 16.5. The van der Waals surface area contributed by atoms with Gasteiger partial charge in [0.05, 0.1) is 12.7 Å². The van der Waals surface area contributed by atoms with Gasteiger partial charge in [0.1, 0.15) is 12.0 Å². The van der Waals surface area contributed by atoms with E-state index in [4.69, 9.17) is 10.5 Å². The number of nitrogens with zero attached hydrogens (tertiary/aromatic N) is 1. The summed E-state index contributed by atoms with van der Waals surface area (Å²) in [6.45, 7) is 0. The molecule has 6 nitrogen and oxygen atoms in total. The minimum Gasteiger partial charge on any atom is -0.496 e. The van der Waals surface area contributed by atoms with E-state index in [2.05, 4.69) is 15.0 Å². The molecule has 17 heavy (non-hydrogen) atoms. The number of methoxy groups -OCH3 is 1. The molecule has 1 aromatic carbocycles. The highest BCUT2D eigenvalue weighted by Gasteiger charge is 2.13. The molecule has 1 amide bonds. The van der Waals surface area contributed by atoms with Crippen LogP contribution in [0.3, 0.4) is 0 Å². The molecule has 1 aromatic heterocycles. The molecule has 2 rings (SSSR count). The minimum atomic E-state index is -0.358. The van der Waals surface area contributed by atoms with Crippen LogP contribution in [0.1, 0.15) is 10.4 Å². The molecule has 0 spiro atoms. The lowest BCUT2D eigenvalue weighted by Gasteiger charge is -2.08. The molecule has 0 aliphatic rings. The van der Waals surface area contributed by atoms with Crippen LogP contribution in [0.25, 0.3) is 0 Å². The smallest absolute Gasteiger partial charge is 0.260 e. The molecular formula is C11H11N3O3. The van der Waals surface area contributed by atoms with E-state index in [-0.39, 0.29) is 5.91 Å². The first-order valence-corrected chi connectivity index (χ1v) is 4.86. The molecule has 0 atom stereocenters. The Labute approximate surface area is 97.3 Å². The van der Waals surface area contributed by atoms with Crippen molar-refractivity contribution in [3.05, 3.63) is 36.1 Å². The lowest BCUT2D eigenvalue weighted by atomic mass is 10.1. The number of carbonyl (C=O) groups is 1. The van der Waals surface area contributed by atoms with Crippen LogP contribution in [-0.4, -0.2) is 18.2 Å². The third-order valence-electron chi connectivity index (χ3n) is 2.15. The molecule has 0 saturated carbocycles. The standard InChI is InChI=1S/C11H11N3O3/c1-16-9-3-2-7(12)6-8(9)11(15)13-10-4-5-17-14-10/h2-6H,12H2,1H3,(H,13,14,15). The van der Waals surface area contributed by atoms with Gasteiger partial charge in [-0.3, -0.25) is 4.79 Å². The quantitative estimate of drug-likeness (QED) is 0.784. The van der Waals surface area contributed by atoms with Crippen molar-refractivity contribution >= 4 is 17.4 Å². The Bertz CT molecular complexity index is 523. The molecule has 0 unspecified atom stereocenters. The van der Waals surface area contributed by atoms with Gasteiger partial charge >= 0.3 is 0 Å². The van der Waals surface area contributed by atoms with E-state index < -0.39 is 0 Å². The van der Waals surface area contributed by atoms with Crippen molar-refractivity contribution in [2.75, 3.05) is 18.2 Å². The zero-order chi connectivity index (χ0) is 12.3. The molecule has 0 saturated heterocycles. The number of benzene rings is 1. The summed E-state index contributed by atoms with van der Waals surface area (Å²) in [5.74, 6) is 0.419. The van der Waals surface area contributed by atoms with E-state index in [0.29, 0.717) is 22.8 Å². The average molecular weight is 233 g/mol. The van der Waals surface area contributed by atoms with E-state index in [9.17, 15) is 4.79 Å². The van der Waals surface area contributed by atoms with E-state index in [1.807, 2.05) is 0 Å². The van der Waals surface area contributed by atoms with Crippen molar-refractivity contribution in [1.82, 2.24) is 5.16 Å². The van der Waals surface area contributed by atoms with Crippen molar-refractivity contribution in [3.8, 4) is 5.75 Å². The Morgan fingerprint density at radius 1 is 1.47 bits per heavy atom. The van der Waals surface area contributed by atoms with Crippen LogP contribution >= 0.6 is 0 Å². The van der Waals surface area contributed by atoms with Gasteiger partial charge in [-0.15, -0.1) is 0 Å². The van der Waals surface area contributed by atoms with Crippen molar-refractivity contribution in [2.24, 2.45) is 0 Å². The van der Waals surface area contributed by atoms with Crippen LogP contribution in [0.5, 0.6) is 5.75 Å². The number of rotatable bonds is 3. The second kappa shape index (κ2) is 4.56. The predicted molar refractivity (Wildman–Crippen MR) is 61.9 cm³/mol. The van der Waals surface area contributed by atoms with Gasteiger partial charge in [-0.05, 0) is 18.2 Å². The summed E-state index contributed by atoms with van der Waals surface area (Å²) in [4.78, 5) is 11.9. The van der Waals surface area contributed by atoms with E-state index in [1.165, 1.54) is 25.5 Å². The summed E-state index contributed by atoms with van der Waals surface area (Å²) in [7, 11) is 1.48. The van der Waals surface area contributed by atoms with E-state index in [1.54, 1.807) is 12.1 Å². The Hall–Kier alpha value is -2.50. The highest BCUT2D eigenvalue weighted by Crippen LogP contribution is 2.21. The summed E-state index contributed by atoms with van der Waals surface area (Å²) in [6.07, 6.45) is 1.37. The number of hydrogen-bond donors (Lipinski definition) is 2. The molecule has 0 radical (unpaired) electrons. The van der Waals surface area contributed by atoms with E-state index >= 15 is 0 Å². The lowest BCUT2D eigenvalue weighted by Crippen LogP contribution is -2.13. The Balaban J connectivity index is 2.26. The van der Waals surface area contributed by atoms with Crippen molar-refractivity contribution in [1.29, 1.82) is 0 Å². The third-order valence-corrected chi connectivity index (χ3v) is 2.15. The van der Waals surface area contributed by atoms with Crippen LogP contribution in [0.4, 0.5) is 11.5 Å². The molecule has 2 aromatic rings. The fourth-order valence-electron chi connectivity index (χ4n) is 1.36. The molecule has 1 heterocycles. The second-order valence-electron chi connectivity index (χ2n) is 3.30. The van der Waals surface area contributed by atoms with Crippen molar-refractivity contribution in [2.45, 2.75) is 0 Å². The summed E-state index contributed by atoms with van der Waals surface area (Å²) in [6, 6.07) is 6.36. The Morgan fingerprint density at radius 3 is 2.94 bits per heavy atom. The van der Waals surface area contributed by atoms with E-state index in [0.717, 1.165) is 0 Å². The number of anilines is 2. The van der Waals surface area contributed by atoms with Crippen LogP contribution in [0, 0.1) is 0 Å². The number of nitrogen functional groups attached to an aromatic ring is 1. The van der Waals surface area contributed by atoms with Gasteiger partial charge in [-0.2, -0.15) is 0 Å². The van der Waals surface area contributed by atoms with Gasteiger partial charge in [-0.25, -0.2) is 0 Å². The molecule has 0 aliphatic carbocycles. The van der Waals surface area contributed by atoms with Crippen molar-refractivity contribution < 1.29 is 14.1 Å². The molecule has 0 aliphatic heterocycles. The average Bonchev–Trinajstić information content (AvgIpc) is 2.81. The SMILES string of the molecule is COc1ccc(N)cc1C(=O)Nc1ccon1. The highest BCUT2D eigenvalue weighted by molar-refractivity contribution is 6.06. The maximum absolute atomic E-state index is 11.9. The van der Waals surface area contributed by atoms with Crippen LogP contribution in [-0.2, 0) is 0 Å². The number of hydrogen-bond acceptors (Lipinski definition) is 5. The largest absolute Gasteiger partial charge is 0.496 e. The van der Waals surface area contributed by atoms with Gasteiger partial charge in [0.25, 0.3) is 5.91 Å². The number of aromatic nitrogens is 1. The third kappa shape index (κ3) is 2.36. The summed E-state index contributed by atoms with van der Waals surface area (Å²) in [5, 5.41) is 6.14. The van der Waals surface area contributed by atoms with Gasteiger partial charge in [0.15, 0.2) is 5.82 Å². The summed E-state index contributed by atoms with van der Waals surface area (Å²) >= 11 is 0. The molecule has 6 heteroatoms. The number of nitrogens with one attached hydrogen (secondary N) is 1. The predicted octanol–water partition coefficient (Wildman–Crippen LogP) is 1.52. The Morgan fingerprint density at radius 2 is 2.29 bits per heavy atom. The minimum absolute atomic E-state index is 0.333. The molecule has 0 fully saturated rings. The van der Waals surface area contributed by atoms with Crippen LogP contribution in [0.15, 0.2) is 35.1 Å². The maximum atomic E-state index is 11.9. The van der Waals surface area contributed by atoms with Gasteiger partial charge < -0.3 is 20.3 Å². The van der Waals surface area contributed by atoms with Crippen LogP contribution < -0.4 is 15.8 Å². The normalized spacial score (nSPS) is 9.94. The first-order valence-electron chi connectivity index (χ1n) is 4.86. The number of carbonyl (C=O) groups excluding carboxylic acids is 1. The summed E-state index contributed by atoms with van der Waals surface area (Å²) in [5.41, 5.74) is 6.45. The lowest BCUT2D eigenvalue weighted by molar-refractivity contribution is 0.102. The monoisotopic (exact) mass is 233 g/mol. The zero-order valence-electron chi connectivity index (χ0n) is 9.14. The Kier molecular flexibility index (Phi) is 2.95. The molecule has 3 N–H and O–H groups in total. The van der Waals surface area contributed by atoms with Crippen molar-refractivity contribution in [3.63, 3.8) is 0 Å². The van der Waals surface area contributed by atoms with Gasteiger partial charge in [-0.1, -0.05) is 5.16 Å². The number of nitrogens with two attached hydrogens (primary N) is 1. The molecular weight excluding hydrogens is 222 g/mol. The fourth-order valence-corrected chi connectivity index (χ4v) is 1.36. The van der Waals surface area contributed by atoms with Crippen LogP contribution in [0.2, 0.25) is 0 Å². The first-order chi connectivity index (χ1) is 8.20. The first kappa shape index (κ1) is 11.0.